The lowest BCUT2D eigenvalue weighted by atomic mass is 9.98. The third-order valence-electron chi connectivity index (χ3n) is 4.90. The lowest BCUT2D eigenvalue weighted by Crippen LogP contribution is -2.20. The fraction of sp³-hybridized carbons (Fsp3) is 0.217. The molecule has 26 heavy (non-hydrogen) atoms. The highest BCUT2D eigenvalue weighted by Crippen LogP contribution is 2.36. The first-order valence-electron chi connectivity index (χ1n) is 8.97. The second-order valence-electron chi connectivity index (χ2n) is 7.30. The van der Waals surface area contributed by atoms with Crippen molar-refractivity contribution in [3.63, 3.8) is 0 Å². The zero-order valence-electron chi connectivity index (χ0n) is 15.5. The fourth-order valence-electron chi connectivity index (χ4n) is 3.68. The van der Waals surface area contributed by atoms with Gasteiger partial charge < -0.3 is 15.0 Å². The Bertz CT molecular complexity index is 1080. The van der Waals surface area contributed by atoms with Crippen LogP contribution in [-0.2, 0) is 0 Å². The number of aliphatic hydroxyl groups is 1. The molecule has 0 aliphatic carbocycles. The molecule has 0 radical (unpaired) electrons. The van der Waals surface area contributed by atoms with E-state index in [2.05, 4.69) is 72.6 Å². The summed E-state index contributed by atoms with van der Waals surface area (Å²) in [5.74, 6) is 0. The zero-order valence-corrected chi connectivity index (χ0v) is 15.5. The van der Waals surface area contributed by atoms with Crippen molar-refractivity contribution in [1.82, 2.24) is 9.88 Å². The quantitative estimate of drug-likeness (QED) is 0.553. The summed E-state index contributed by atoms with van der Waals surface area (Å²) in [5.41, 5.74) is 5.34. The van der Waals surface area contributed by atoms with Crippen molar-refractivity contribution in [3.05, 3.63) is 71.8 Å². The number of aliphatic hydroxyl groups excluding tert-OH is 1. The van der Waals surface area contributed by atoms with Crippen LogP contribution in [-0.4, -0.2) is 35.6 Å². The average Bonchev–Trinajstić information content (AvgIpc) is 2.99. The number of benzene rings is 3. The standard InChI is InChI=1S/C23H24N2O/c1-15-8-11-20-19(12-15)22(21(26)14-25(2)3)23(24-20)18-10-9-16-6-4-5-7-17(16)13-18/h4-13,21,24,26H,14H2,1-3H3. The zero-order chi connectivity index (χ0) is 18.3. The van der Waals surface area contributed by atoms with Crippen LogP contribution in [0, 0.1) is 6.92 Å². The minimum Gasteiger partial charge on any atom is -0.387 e. The van der Waals surface area contributed by atoms with Gasteiger partial charge in [0.2, 0.25) is 0 Å². The van der Waals surface area contributed by atoms with Gasteiger partial charge >= 0.3 is 0 Å². The summed E-state index contributed by atoms with van der Waals surface area (Å²) in [6.07, 6.45) is -0.554. The normalized spacial score (nSPS) is 13.0. The van der Waals surface area contributed by atoms with Crippen molar-refractivity contribution in [1.29, 1.82) is 0 Å². The van der Waals surface area contributed by atoms with Gasteiger partial charge in [-0.1, -0.05) is 48.0 Å². The molecule has 2 N–H and O–H groups in total. The van der Waals surface area contributed by atoms with Gasteiger partial charge in [-0.25, -0.2) is 0 Å². The molecule has 3 heteroatoms. The minimum atomic E-state index is -0.554. The SMILES string of the molecule is Cc1ccc2[nH]c(-c3ccc4ccccc4c3)c(C(O)CN(C)C)c2c1. The van der Waals surface area contributed by atoms with Crippen LogP contribution in [0.15, 0.2) is 60.7 Å². The van der Waals surface area contributed by atoms with Crippen molar-refractivity contribution in [2.45, 2.75) is 13.0 Å². The molecule has 132 valence electrons. The van der Waals surface area contributed by atoms with Crippen LogP contribution in [0.5, 0.6) is 0 Å². The Kier molecular flexibility index (Phi) is 4.27. The average molecular weight is 344 g/mol. The van der Waals surface area contributed by atoms with Crippen LogP contribution in [0.2, 0.25) is 0 Å². The van der Waals surface area contributed by atoms with Crippen molar-refractivity contribution in [2.75, 3.05) is 20.6 Å². The number of rotatable bonds is 4. The molecule has 0 fully saturated rings. The highest BCUT2D eigenvalue weighted by molar-refractivity contribution is 5.94. The summed E-state index contributed by atoms with van der Waals surface area (Å²) in [6.45, 7) is 2.67. The molecule has 1 aromatic heterocycles. The molecule has 0 amide bonds. The third-order valence-corrected chi connectivity index (χ3v) is 4.90. The predicted octanol–water partition coefficient (Wildman–Crippen LogP) is 4.89. The van der Waals surface area contributed by atoms with E-state index in [0.717, 1.165) is 27.7 Å². The molecule has 0 spiro atoms. The molecular formula is C23H24N2O. The number of aromatic nitrogens is 1. The molecule has 0 saturated carbocycles. The number of nitrogens with one attached hydrogen (secondary N) is 1. The number of hydrogen-bond acceptors (Lipinski definition) is 2. The van der Waals surface area contributed by atoms with Gasteiger partial charge in [-0.05, 0) is 55.6 Å². The summed E-state index contributed by atoms with van der Waals surface area (Å²) < 4.78 is 0. The van der Waals surface area contributed by atoms with E-state index in [1.165, 1.54) is 16.3 Å². The number of nitrogens with zero attached hydrogens (tertiary/aromatic N) is 1. The highest BCUT2D eigenvalue weighted by atomic mass is 16.3. The maximum absolute atomic E-state index is 11.0. The summed E-state index contributed by atoms with van der Waals surface area (Å²) in [5, 5.41) is 14.5. The van der Waals surface area contributed by atoms with Crippen molar-refractivity contribution < 1.29 is 5.11 Å². The van der Waals surface area contributed by atoms with Crippen LogP contribution >= 0.6 is 0 Å². The Hall–Kier alpha value is -2.62. The molecule has 3 aromatic carbocycles. The van der Waals surface area contributed by atoms with E-state index in [4.69, 9.17) is 0 Å². The van der Waals surface area contributed by atoms with Crippen LogP contribution in [0.1, 0.15) is 17.2 Å². The lowest BCUT2D eigenvalue weighted by molar-refractivity contribution is 0.140. The fourth-order valence-corrected chi connectivity index (χ4v) is 3.68. The van der Waals surface area contributed by atoms with Gasteiger partial charge in [-0.2, -0.15) is 0 Å². The maximum Gasteiger partial charge on any atom is 0.0943 e. The first-order chi connectivity index (χ1) is 12.5. The van der Waals surface area contributed by atoms with E-state index >= 15 is 0 Å². The van der Waals surface area contributed by atoms with E-state index in [0.29, 0.717) is 6.54 Å². The van der Waals surface area contributed by atoms with Gasteiger partial charge in [-0.3, -0.25) is 0 Å². The first kappa shape index (κ1) is 16.8. The van der Waals surface area contributed by atoms with Crippen LogP contribution in [0.3, 0.4) is 0 Å². The molecule has 1 atom stereocenters. The number of fused-ring (bicyclic) bond motifs is 2. The Labute approximate surface area is 153 Å². The van der Waals surface area contributed by atoms with Gasteiger partial charge in [0.05, 0.1) is 11.8 Å². The maximum atomic E-state index is 11.0. The smallest absolute Gasteiger partial charge is 0.0943 e. The molecule has 0 bridgehead atoms. The molecule has 1 heterocycles. The minimum absolute atomic E-state index is 0.554. The second kappa shape index (κ2) is 6.60. The third kappa shape index (κ3) is 3.00. The molecule has 4 aromatic rings. The number of hydrogen-bond donors (Lipinski definition) is 2. The predicted molar refractivity (Wildman–Crippen MR) is 109 cm³/mol. The van der Waals surface area contributed by atoms with Gasteiger partial charge in [-0.15, -0.1) is 0 Å². The molecule has 0 saturated heterocycles. The van der Waals surface area contributed by atoms with E-state index < -0.39 is 6.10 Å². The molecule has 1 unspecified atom stereocenters. The molecule has 3 nitrogen and oxygen atoms in total. The number of H-pyrrole nitrogens is 1. The molecule has 0 aliphatic rings. The summed E-state index contributed by atoms with van der Waals surface area (Å²) in [4.78, 5) is 5.57. The van der Waals surface area contributed by atoms with E-state index in [9.17, 15) is 5.11 Å². The van der Waals surface area contributed by atoms with Gasteiger partial charge in [0.15, 0.2) is 0 Å². The monoisotopic (exact) mass is 344 g/mol. The van der Waals surface area contributed by atoms with Crippen molar-refractivity contribution in [2.24, 2.45) is 0 Å². The molecule has 4 rings (SSSR count). The number of aryl methyl sites for hydroxylation is 1. The van der Waals surface area contributed by atoms with Crippen LogP contribution in [0.25, 0.3) is 32.9 Å². The van der Waals surface area contributed by atoms with E-state index in [1.54, 1.807) is 0 Å². The van der Waals surface area contributed by atoms with Gasteiger partial charge in [0.1, 0.15) is 0 Å². The van der Waals surface area contributed by atoms with E-state index in [-0.39, 0.29) is 0 Å². The Morgan fingerprint density at radius 3 is 2.50 bits per heavy atom. The molecule has 0 aliphatic heterocycles. The highest BCUT2D eigenvalue weighted by Gasteiger charge is 2.21. The lowest BCUT2D eigenvalue weighted by Gasteiger charge is -2.17. The number of aromatic amines is 1. The van der Waals surface area contributed by atoms with Crippen LogP contribution < -0.4 is 0 Å². The first-order valence-corrected chi connectivity index (χ1v) is 8.97. The topological polar surface area (TPSA) is 39.3 Å². The van der Waals surface area contributed by atoms with Crippen molar-refractivity contribution in [3.8, 4) is 11.3 Å². The Morgan fingerprint density at radius 2 is 1.73 bits per heavy atom. The van der Waals surface area contributed by atoms with Gasteiger partial charge in [0.25, 0.3) is 0 Å². The largest absolute Gasteiger partial charge is 0.387 e. The summed E-state index contributed by atoms with van der Waals surface area (Å²) >= 11 is 0. The Morgan fingerprint density at radius 1 is 0.962 bits per heavy atom. The number of likely N-dealkylation sites (N-methyl/N-ethyl adjacent to an activating group) is 1. The Balaban J connectivity index is 1.95. The van der Waals surface area contributed by atoms with Crippen molar-refractivity contribution >= 4 is 21.7 Å². The second-order valence-corrected chi connectivity index (χ2v) is 7.30. The molecular weight excluding hydrogens is 320 g/mol. The van der Waals surface area contributed by atoms with Gasteiger partial charge in [0, 0.05) is 23.0 Å². The van der Waals surface area contributed by atoms with E-state index in [1.807, 2.05) is 19.0 Å². The summed E-state index contributed by atoms with van der Waals surface area (Å²) in [7, 11) is 3.97. The van der Waals surface area contributed by atoms with Crippen LogP contribution in [0.4, 0.5) is 0 Å². The summed E-state index contributed by atoms with van der Waals surface area (Å²) in [6, 6.07) is 21.2.